The molecule has 0 spiro atoms. The van der Waals surface area contributed by atoms with Crippen LogP contribution in [0.2, 0.25) is 0 Å². The molecule has 3 atom stereocenters. The van der Waals surface area contributed by atoms with Crippen LogP contribution in [0.4, 0.5) is 13.2 Å². The van der Waals surface area contributed by atoms with Crippen molar-refractivity contribution >= 4 is 5.78 Å². The quantitative estimate of drug-likeness (QED) is 0.623. The smallest absolute Gasteiger partial charge is 0.487 e. The van der Waals surface area contributed by atoms with Crippen LogP contribution in [-0.2, 0) is 6.42 Å². The minimum absolute atomic E-state index is 0.0469. The summed E-state index contributed by atoms with van der Waals surface area (Å²) in [6.07, 6.45) is -3.56. The van der Waals surface area contributed by atoms with E-state index in [-0.39, 0.29) is 29.3 Å². The molecule has 2 aromatic carbocycles. The van der Waals surface area contributed by atoms with Gasteiger partial charge in [0.05, 0.1) is 0 Å². The number of halogens is 3. The van der Waals surface area contributed by atoms with Crippen LogP contribution in [0.15, 0.2) is 42.5 Å². The predicted molar refractivity (Wildman–Crippen MR) is 102 cm³/mol. The summed E-state index contributed by atoms with van der Waals surface area (Å²) >= 11 is 0. The number of rotatable bonds is 2. The Morgan fingerprint density at radius 1 is 1.10 bits per heavy atom. The lowest BCUT2D eigenvalue weighted by Crippen LogP contribution is -2.35. The van der Waals surface area contributed by atoms with E-state index in [4.69, 9.17) is 4.74 Å². The zero-order valence-electron chi connectivity index (χ0n) is 16.5. The van der Waals surface area contributed by atoms with Gasteiger partial charge < -0.3 is 9.47 Å². The molecule has 6 heteroatoms. The molecule has 154 valence electrons. The van der Waals surface area contributed by atoms with Crippen molar-refractivity contribution in [3.63, 3.8) is 0 Å². The molecule has 0 radical (unpaired) electrons. The molecule has 0 saturated heterocycles. The van der Waals surface area contributed by atoms with E-state index in [1.54, 1.807) is 0 Å². The molecule has 3 nitrogen and oxygen atoms in total. The number of hydrogen-bond donors (Lipinski definition) is 0. The first-order valence-electron chi connectivity index (χ1n) is 9.76. The molecule has 1 aliphatic heterocycles. The second-order valence-electron chi connectivity index (χ2n) is 8.53. The summed E-state index contributed by atoms with van der Waals surface area (Å²) in [5.41, 5.74) is 1.79. The summed E-state index contributed by atoms with van der Waals surface area (Å²) in [4.78, 5) is 13.1. The number of ketones is 1. The summed E-state index contributed by atoms with van der Waals surface area (Å²) in [7, 11) is 0. The minimum atomic E-state index is -4.78. The zero-order valence-corrected chi connectivity index (χ0v) is 16.5. The number of carbonyl (C=O) groups excluding carboxylic acids is 1. The fourth-order valence-corrected chi connectivity index (χ4v) is 4.46. The Bertz CT molecular complexity index is 949. The normalized spacial score (nSPS) is 25.6. The first kappa shape index (κ1) is 19.8. The van der Waals surface area contributed by atoms with E-state index in [2.05, 4.69) is 11.7 Å². The van der Waals surface area contributed by atoms with Gasteiger partial charge in [0.1, 0.15) is 17.1 Å². The number of hydrogen-bond acceptors (Lipinski definition) is 3. The molecule has 0 fully saturated rings. The van der Waals surface area contributed by atoms with Gasteiger partial charge in [-0.1, -0.05) is 31.2 Å². The van der Waals surface area contributed by atoms with Crippen molar-refractivity contribution in [3.8, 4) is 11.5 Å². The van der Waals surface area contributed by atoms with Crippen LogP contribution in [0.25, 0.3) is 0 Å². The summed E-state index contributed by atoms with van der Waals surface area (Å²) in [5, 5.41) is 0. The third kappa shape index (κ3) is 3.72. The van der Waals surface area contributed by atoms with Crippen LogP contribution in [0.5, 0.6) is 11.5 Å². The zero-order chi connectivity index (χ0) is 21.0. The Balaban J connectivity index is 1.78. The molecule has 29 heavy (non-hydrogen) atoms. The average molecular weight is 404 g/mol. The van der Waals surface area contributed by atoms with E-state index in [9.17, 15) is 18.0 Å². The molecular formula is C23H23F3O3. The highest BCUT2D eigenvalue weighted by Crippen LogP contribution is 2.49. The lowest BCUT2D eigenvalue weighted by Gasteiger charge is -2.31. The van der Waals surface area contributed by atoms with Crippen molar-refractivity contribution in [3.05, 3.63) is 59.2 Å². The minimum Gasteiger partial charge on any atom is -0.487 e. The molecule has 2 aliphatic rings. The van der Waals surface area contributed by atoms with Gasteiger partial charge in [0.25, 0.3) is 0 Å². The van der Waals surface area contributed by atoms with E-state index >= 15 is 0 Å². The number of fused-ring (bicyclic) bond motifs is 2. The first-order chi connectivity index (χ1) is 13.5. The number of benzene rings is 2. The van der Waals surface area contributed by atoms with Gasteiger partial charge in [0.15, 0.2) is 5.78 Å². The molecule has 1 heterocycles. The Morgan fingerprint density at radius 2 is 1.83 bits per heavy atom. The van der Waals surface area contributed by atoms with E-state index in [1.165, 1.54) is 18.2 Å². The molecular weight excluding hydrogens is 381 g/mol. The number of alkyl halides is 3. The van der Waals surface area contributed by atoms with Crippen LogP contribution in [0.3, 0.4) is 0 Å². The lowest BCUT2D eigenvalue weighted by atomic mass is 9.75. The largest absolute Gasteiger partial charge is 0.573 e. The fourth-order valence-electron chi connectivity index (χ4n) is 4.46. The monoisotopic (exact) mass is 404 g/mol. The molecule has 1 aliphatic carbocycles. The average Bonchev–Trinajstić information content (AvgIpc) is 2.91. The van der Waals surface area contributed by atoms with Gasteiger partial charge >= 0.3 is 6.36 Å². The lowest BCUT2D eigenvalue weighted by molar-refractivity contribution is -0.274. The van der Waals surface area contributed by atoms with Gasteiger partial charge in [-0.3, -0.25) is 4.79 Å². The van der Waals surface area contributed by atoms with Gasteiger partial charge in [0, 0.05) is 17.0 Å². The highest BCUT2D eigenvalue weighted by molar-refractivity contribution is 6.02. The van der Waals surface area contributed by atoms with Gasteiger partial charge in [-0.25, -0.2) is 0 Å². The van der Waals surface area contributed by atoms with E-state index < -0.39 is 12.0 Å². The van der Waals surface area contributed by atoms with Gasteiger partial charge in [0.2, 0.25) is 0 Å². The van der Waals surface area contributed by atoms with Crippen molar-refractivity contribution in [2.45, 2.75) is 51.5 Å². The van der Waals surface area contributed by atoms with Crippen molar-refractivity contribution in [1.29, 1.82) is 0 Å². The second-order valence-corrected chi connectivity index (χ2v) is 8.53. The molecule has 0 aromatic heterocycles. The topological polar surface area (TPSA) is 35.5 Å². The summed E-state index contributed by atoms with van der Waals surface area (Å²) < 4.78 is 48.7. The fraction of sp³-hybridized carbons (Fsp3) is 0.435. The molecule has 0 N–H and O–H groups in total. The maximum Gasteiger partial charge on any atom is 0.573 e. The molecule has 0 saturated carbocycles. The van der Waals surface area contributed by atoms with Crippen LogP contribution < -0.4 is 9.47 Å². The van der Waals surface area contributed by atoms with Crippen LogP contribution in [0, 0.1) is 11.8 Å². The van der Waals surface area contributed by atoms with Gasteiger partial charge in [-0.2, -0.15) is 0 Å². The highest BCUT2D eigenvalue weighted by Gasteiger charge is 2.44. The maximum absolute atomic E-state index is 13.1. The summed E-state index contributed by atoms with van der Waals surface area (Å²) in [6, 6.07) is 11.7. The van der Waals surface area contributed by atoms with E-state index in [0.29, 0.717) is 29.7 Å². The van der Waals surface area contributed by atoms with Crippen molar-refractivity contribution in [1.82, 2.24) is 0 Å². The number of Topliss-reactive ketones (excluding diaryl/α,β-unsaturated/α-hetero) is 1. The van der Waals surface area contributed by atoms with E-state index in [0.717, 1.165) is 5.56 Å². The molecule has 4 rings (SSSR count). The predicted octanol–water partition coefficient (Wildman–Crippen LogP) is 5.92. The summed E-state index contributed by atoms with van der Waals surface area (Å²) in [5.74, 6) is -0.206. The Hall–Kier alpha value is -2.50. The molecule has 2 unspecified atom stereocenters. The number of ether oxygens (including phenoxy) is 2. The third-order valence-corrected chi connectivity index (χ3v) is 6.33. The molecule has 2 aromatic rings. The Morgan fingerprint density at radius 3 is 2.52 bits per heavy atom. The van der Waals surface area contributed by atoms with E-state index in [1.807, 2.05) is 38.1 Å². The Kier molecular flexibility index (Phi) is 4.63. The Labute approximate surface area is 167 Å². The molecule has 0 amide bonds. The van der Waals surface area contributed by atoms with Gasteiger partial charge in [-0.15, -0.1) is 13.2 Å². The SMILES string of the molecule is CC1C[C@H](C2Cc3ccccc3C2=O)c2cc(OC(F)(F)F)ccc2OC1(C)C. The van der Waals surface area contributed by atoms with Crippen LogP contribution in [-0.4, -0.2) is 17.7 Å². The van der Waals surface area contributed by atoms with Gasteiger partial charge in [-0.05, 0) is 62.3 Å². The molecule has 0 bridgehead atoms. The first-order valence-corrected chi connectivity index (χ1v) is 9.76. The van der Waals surface area contributed by atoms with Crippen molar-refractivity contribution in [2.24, 2.45) is 11.8 Å². The standard InChI is InChI=1S/C23H23F3O3/c1-13-10-17(19-11-14-6-4-5-7-16(14)21(19)27)18-12-15(28-23(24,25)26)8-9-20(18)29-22(13,2)3/h4-9,12-13,17,19H,10-11H2,1-3H3/t13?,17-,19?/m0/s1. The maximum atomic E-state index is 13.1. The summed E-state index contributed by atoms with van der Waals surface area (Å²) in [6.45, 7) is 5.99. The second kappa shape index (κ2) is 6.78. The van der Waals surface area contributed by atoms with Crippen molar-refractivity contribution in [2.75, 3.05) is 0 Å². The van der Waals surface area contributed by atoms with Crippen LogP contribution in [0.1, 0.15) is 54.6 Å². The third-order valence-electron chi connectivity index (χ3n) is 6.33. The van der Waals surface area contributed by atoms with Crippen LogP contribution >= 0.6 is 0 Å². The number of carbonyl (C=O) groups is 1. The highest BCUT2D eigenvalue weighted by atomic mass is 19.4. The van der Waals surface area contributed by atoms with Crippen molar-refractivity contribution < 1.29 is 27.4 Å².